The zero-order valence-electron chi connectivity index (χ0n) is 21.6. The Labute approximate surface area is 211 Å². The molecule has 0 unspecified atom stereocenters. The fourth-order valence-electron chi connectivity index (χ4n) is 3.89. The molecule has 0 aliphatic carbocycles. The van der Waals surface area contributed by atoms with Gasteiger partial charge in [0.05, 0.1) is 32.7 Å². The fourth-order valence-corrected chi connectivity index (χ4v) is 3.89. The fraction of sp³-hybridized carbons (Fsp3) is 0.321. The molecule has 1 N–H and O–H groups in total. The number of aromatic nitrogens is 3. The van der Waals surface area contributed by atoms with Gasteiger partial charge in [0.15, 0.2) is 17.1 Å². The molecular formula is C28H32N4O4. The first-order chi connectivity index (χ1) is 17.2. The molecule has 4 rings (SSSR count). The Bertz CT molecular complexity index is 1390. The van der Waals surface area contributed by atoms with Crippen LogP contribution in [0.25, 0.3) is 16.9 Å². The molecule has 2 heterocycles. The van der Waals surface area contributed by atoms with E-state index in [4.69, 9.17) is 19.3 Å². The van der Waals surface area contributed by atoms with E-state index in [-0.39, 0.29) is 11.3 Å². The van der Waals surface area contributed by atoms with Crippen molar-refractivity contribution in [1.29, 1.82) is 0 Å². The number of amides is 1. The summed E-state index contributed by atoms with van der Waals surface area (Å²) in [5.41, 5.74) is 4.34. The Kier molecular flexibility index (Phi) is 7.15. The summed E-state index contributed by atoms with van der Waals surface area (Å²) in [5.74, 6) is 1.80. The maximum Gasteiger partial charge on any atom is 0.270 e. The molecule has 0 fully saturated rings. The first kappa shape index (κ1) is 25.0. The molecule has 0 atom stereocenters. The summed E-state index contributed by atoms with van der Waals surface area (Å²) in [6.07, 6.45) is 0.637. The van der Waals surface area contributed by atoms with Crippen LogP contribution in [-0.2, 0) is 11.8 Å². The molecule has 2 aromatic heterocycles. The molecule has 0 saturated heterocycles. The number of carbonyl (C=O) groups is 1. The Hall–Kier alpha value is -4.07. The molecule has 0 radical (unpaired) electrons. The largest absolute Gasteiger partial charge is 0.497 e. The summed E-state index contributed by atoms with van der Waals surface area (Å²) in [4.78, 5) is 17.8. The predicted octanol–water partition coefficient (Wildman–Crippen LogP) is 4.69. The van der Waals surface area contributed by atoms with Crippen molar-refractivity contribution in [2.24, 2.45) is 0 Å². The topological polar surface area (TPSA) is 87.0 Å². The maximum absolute atomic E-state index is 13.1. The van der Waals surface area contributed by atoms with Gasteiger partial charge in [0, 0.05) is 23.6 Å². The number of nitrogens with zero attached hydrogens (tertiary/aromatic N) is 3. The lowest BCUT2D eigenvalue weighted by Gasteiger charge is -2.14. The second-order valence-electron chi connectivity index (χ2n) is 9.50. The van der Waals surface area contributed by atoms with E-state index in [1.807, 2.05) is 48.5 Å². The van der Waals surface area contributed by atoms with E-state index < -0.39 is 0 Å². The molecule has 2 aromatic carbocycles. The molecule has 0 bridgehead atoms. The summed E-state index contributed by atoms with van der Waals surface area (Å²) in [7, 11) is 4.84. The lowest BCUT2D eigenvalue weighted by atomic mass is 9.93. The monoisotopic (exact) mass is 488 g/mol. The van der Waals surface area contributed by atoms with E-state index in [0.717, 1.165) is 28.3 Å². The quantitative estimate of drug-likeness (QED) is 0.387. The van der Waals surface area contributed by atoms with Crippen LogP contribution < -0.4 is 19.5 Å². The standard InChI is InChI=1S/C28H32N4O4/c1-28(2,3)25-17-26-30-21(16-22(32(26)31-25)19-8-7-9-20(15-19)34-4)27(33)29-13-12-18-10-11-23(35-5)24(14-18)36-6/h7-11,14-17H,12-13H2,1-6H3,(H,29,33). The number of nitrogens with one attached hydrogen (secondary N) is 1. The van der Waals surface area contributed by atoms with Crippen LogP contribution >= 0.6 is 0 Å². The Balaban J connectivity index is 1.62. The van der Waals surface area contributed by atoms with Crippen LogP contribution in [-0.4, -0.2) is 48.4 Å². The number of methoxy groups -OCH3 is 3. The third-order valence-electron chi connectivity index (χ3n) is 5.94. The van der Waals surface area contributed by atoms with Crippen molar-refractivity contribution in [2.75, 3.05) is 27.9 Å². The normalized spacial score (nSPS) is 11.4. The van der Waals surface area contributed by atoms with Crippen LogP contribution in [0.3, 0.4) is 0 Å². The molecule has 36 heavy (non-hydrogen) atoms. The lowest BCUT2D eigenvalue weighted by Crippen LogP contribution is -2.27. The van der Waals surface area contributed by atoms with Gasteiger partial charge in [0.25, 0.3) is 5.91 Å². The lowest BCUT2D eigenvalue weighted by molar-refractivity contribution is 0.0949. The number of fused-ring (bicyclic) bond motifs is 1. The van der Waals surface area contributed by atoms with Crippen LogP contribution in [0.2, 0.25) is 0 Å². The molecule has 0 aliphatic heterocycles. The van der Waals surface area contributed by atoms with E-state index in [0.29, 0.717) is 35.8 Å². The highest BCUT2D eigenvalue weighted by molar-refractivity contribution is 5.94. The SMILES string of the molecule is COc1cccc(-c2cc(C(=O)NCCc3ccc(OC)c(OC)c3)nc3cc(C(C)(C)C)nn23)c1. The smallest absolute Gasteiger partial charge is 0.270 e. The van der Waals surface area contributed by atoms with Crippen molar-refractivity contribution < 1.29 is 19.0 Å². The van der Waals surface area contributed by atoms with E-state index >= 15 is 0 Å². The highest BCUT2D eigenvalue weighted by Crippen LogP contribution is 2.29. The second kappa shape index (κ2) is 10.3. The van der Waals surface area contributed by atoms with Crippen LogP contribution in [0.1, 0.15) is 42.5 Å². The van der Waals surface area contributed by atoms with Gasteiger partial charge in [-0.3, -0.25) is 4.79 Å². The van der Waals surface area contributed by atoms with Crippen LogP contribution in [0.15, 0.2) is 54.6 Å². The number of benzene rings is 2. The molecule has 8 heteroatoms. The third kappa shape index (κ3) is 5.27. The van der Waals surface area contributed by atoms with Gasteiger partial charge in [-0.15, -0.1) is 0 Å². The molecule has 0 saturated carbocycles. The van der Waals surface area contributed by atoms with Gasteiger partial charge in [-0.1, -0.05) is 39.0 Å². The molecule has 8 nitrogen and oxygen atoms in total. The zero-order valence-corrected chi connectivity index (χ0v) is 21.6. The van der Waals surface area contributed by atoms with Gasteiger partial charge in [0.1, 0.15) is 11.4 Å². The van der Waals surface area contributed by atoms with E-state index in [1.54, 1.807) is 31.9 Å². The molecule has 4 aromatic rings. The van der Waals surface area contributed by atoms with Crippen molar-refractivity contribution in [2.45, 2.75) is 32.6 Å². The summed E-state index contributed by atoms with van der Waals surface area (Å²) in [5, 5.41) is 7.80. The molecular weight excluding hydrogens is 456 g/mol. The van der Waals surface area contributed by atoms with Crippen LogP contribution in [0, 0.1) is 0 Å². The highest BCUT2D eigenvalue weighted by atomic mass is 16.5. The van der Waals surface area contributed by atoms with Gasteiger partial charge >= 0.3 is 0 Å². The van der Waals surface area contributed by atoms with Gasteiger partial charge < -0.3 is 19.5 Å². The van der Waals surface area contributed by atoms with Crippen LogP contribution in [0.4, 0.5) is 0 Å². The Morgan fingerprint density at radius 2 is 1.72 bits per heavy atom. The Morgan fingerprint density at radius 1 is 0.944 bits per heavy atom. The Morgan fingerprint density at radius 3 is 2.42 bits per heavy atom. The van der Waals surface area contributed by atoms with Crippen molar-refractivity contribution in [3.63, 3.8) is 0 Å². The minimum atomic E-state index is -0.249. The van der Waals surface area contributed by atoms with Crippen molar-refractivity contribution in [3.05, 3.63) is 71.5 Å². The summed E-state index contributed by atoms with van der Waals surface area (Å²) in [6.45, 7) is 6.74. The van der Waals surface area contributed by atoms with Gasteiger partial charge in [-0.05, 0) is 42.3 Å². The maximum atomic E-state index is 13.1. The number of hydrogen-bond donors (Lipinski definition) is 1. The van der Waals surface area contributed by atoms with E-state index in [2.05, 4.69) is 31.1 Å². The number of carbonyl (C=O) groups excluding carboxylic acids is 1. The molecule has 0 spiro atoms. The number of hydrogen-bond acceptors (Lipinski definition) is 6. The van der Waals surface area contributed by atoms with Crippen LogP contribution in [0.5, 0.6) is 17.2 Å². The van der Waals surface area contributed by atoms with E-state index in [1.165, 1.54) is 0 Å². The van der Waals surface area contributed by atoms with Gasteiger partial charge in [-0.2, -0.15) is 5.10 Å². The first-order valence-corrected chi connectivity index (χ1v) is 11.8. The summed E-state index contributed by atoms with van der Waals surface area (Å²) in [6, 6.07) is 17.1. The first-order valence-electron chi connectivity index (χ1n) is 11.8. The number of rotatable bonds is 8. The predicted molar refractivity (Wildman–Crippen MR) is 139 cm³/mol. The van der Waals surface area contributed by atoms with Gasteiger partial charge in [0.2, 0.25) is 0 Å². The summed E-state index contributed by atoms with van der Waals surface area (Å²) < 4.78 is 17.9. The minimum Gasteiger partial charge on any atom is -0.497 e. The van der Waals surface area contributed by atoms with Gasteiger partial charge in [-0.25, -0.2) is 9.50 Å². The zero-order chi connectivity index (χ0) is 25.9. The molecule has 188 valence electrons. The number of ether oxygens (including phenoxy) is 3. The van der Waals surface area contributed by atoms with Crippen molar-refractivity contribution in [1.82, 2.24) is 19.9 Å². The average Bonchev–Trinajstić information content (AvgIpc) is 3.33. The second-order valence-corrected chi connectivity index (χ2v) is 9.50. The van der Waals surface area contributed by atoms with E-state index in [9.17, 15) is 4.79 Å². The average molecular weight is 489 g/mol. The minimum absolute atomic E-state index is 0.165. The molecule has 0 aliphatic rings. The third-order valence-corrected chi connectivity index (χ3v) is 5.94. The van der Waals surface area contributed by atoms with Crippen molar-refractivity contribution >= 4 is 11.6 Å². The molecule has 1 amide bonds. The highest BCUT2D eigenvalue weighted by Gasteiger charge is 2.21. The van der Waals surface area contributed by atoms with Crippen molar-refractivity contribution in [3.8, 4) is 28.5 Å². The summed E-state index contributed by atoms with van der Waals surface area (Å²) >= 11 is 0.